The van der Waals surface area contributed by atoms with E-state index < -0.39 is 0 Å². The van der Waals surface area contributed by atoms with Gasteiger partial charge in [-0.05, 0) is 61.6 Å². The highest BCUT2D eigenvalue weighted by Gasteiger charge is 2.26. The molecule has 0 bridgehead atoms. The number of morpholine rings is 1. The van der Waals surface area contributed by atoms with Gasteiger partial charge in [0.05, 0.1) is 24.4 Å². The summed E-state index contributed by atoms with van der Waals surface area (Å²) < 4.78 is 5.41. The predicted molar refractivity (Wildman–Crippen MR) is 136 cm³/mol. The van der Waals surface area contributed by atoms with Gasteiger partial charge in [-0.2, -0.15) is 0 Å². The first-order valence-corrected chi connectivity index (χ1v) is 12.3. The van der Waals surface area contributed by atoms with Crippen LogP contribution in [0.2, 0.25) is 0 Å². The average Bonchev–Trinajstić information content (AvgIpc) is 2.91. The third kappa shape index (κ3) is 5.27. The lowest BCUT2D eigenvalue weighted by Crippen LogP contribution is -2.39. The van der Waals surface area contributed by atoms with Crippen molar-refractivity contribution in [1.29, 1.82) is 0 Å². The molecule has 2 fully saturated rings. The van der Waals surface area contributed by atoms with Crippen LogP contribution in [0.25, 0.3) is 10.9 Å². The molecule has 35 heavy (non-hydrogen) atoms. The van der Waals surface area contributed by atoms with Gasteiger partial charge in [-0.3, -0.25) is 14.6 Å². The van der Waals surface area contributed by atoms with E-state index in [1.54, 1.807) is 18.5 Å². The number of hydrogen-bond donors (Lipinski definition) is 1. The van der Waals surface area contributed by atoms with Crippen LogP contribution in [0.4, 0.5) is 11.5 Å². The van der Waals surface area contributed by atoms with Gasteiger partial charge in [-0.25, -0.2) is 4.98 Å². The minimum atomic E-state index is 0.0125. The largest absolute Gasteiger partial charge is 0.378 e. The number of ether oxygens (including phenoxy) is 1. The molecule has 8 heteroatoms. The van der Waals surface area contributed by atoms with E-state index in [2.05, 4.69) is 20.2 Å². The van der Waals surface area contributed by atoms with Crippen molar-refractivity contribution in [1.82, 2.24) is 14.9 Å². The number of piperidine rings is 1. The Bertz CT molecular complexity index is 1220. The zero-order valence-corrected chi connectivity index (χ0v) is 20.1. The molecule has 8 nitrogen and oxygen atoms in total. The van der Waals surface area contributed by atoms with E-state index in [-0.39, 0.29) is 17.7 Å². The Balaban J connectivity index is 1.16. The maximum absolute atomic E-state index is 13.1. The smallest absolute Gasteiger partial charge is 0.254 e. The van der Waals surface area contributed by atoms with Crippen LogP contribution in [0.5, 0.6) is 0 Å². The quantitative estimate of drug-likeness (QED) is 0.609. The summed E-state index contributed by atoms with van der Waals surface area (Å²) in [6, 6.07) is 11.5. The summed E-state index contributed by atoms with van der Waals surface area (Å²) in [7, 11) is 0. The van der Waals surface area contributed by atoms with Crippen LogP contribution in [0.3, 0.4) is 0 Å². The highest BCUT2D eigenvalue weighted by Crippen LogP contribution is 2.28. The number of likely N-dealkylation sites (tertiary alicyclic amines) is 1. The van der Waals surface area contributed by atoms with Crippen LogP contribution in [-0.4, -0.2) is 66.1 Å². The second-order valence-electron chi connectivity index (χ2n) is 9.32. The van der Waals surface area contributed by atoms with Crippen molar-refractivity contribution in [2.75, 3.05) is 49.6 Å². The van der Waals surface area contributed by atoms with E-state index in [1.807, 2.05) is 42.2 Å². The molecule has 2 amide bonds. The van der Waals surface area contributed by atoms with Gasteiger partial charge in [0.2, 0.25) is 5.91 Å². The lowest BCUT2D eigenvalue weighted by molar-refractivity contribution is -0.117. The lowest BCUT2D eigenvalue weighted by atomic mass is 9.92. The van der Waals surface area contributed by atoms with Crippen LogP contribution in [0, 0.1) is 12.8 Å². The maximum atomic E-state index is 13.1. The van der Waals surface area contributed by atoms with Crippen LogP contribution < -0.4 is 10.2 Å². The van der Waals surface area contributed by atoms with Gasteiger partial charge >= 0.3 is 0 Å². The minimum absolute atomic E-state index is 0.0125. The molecule has 0 radical (unpaired) electrons. The van der Waals surface area contributed by atoms with Crippen molar-refractivity contribution in [3.05, 3.63) is 59.9 Å². The molecule has 5 rings (SSSR count). The molecular weight excluding hydrogens is 442 g/mol. The summed E-state index contributed by atoms with van der Waals surface area (Å²) in [5, 5.41) is 4.07. The molecule has 0 saturated carbocycles. The average molecular weight is 474 g/mol. The number of carbonyl (C=O) groups is 2. The standard InChI is InChI=1S/C27H31N5O3/c1-19-4-5-23-22(3-2-9-28-23)26(19)30-25(33)17-20-7-11-32(12-8-20)27(34)21-6-10-29-24(18-21)31-13-15-35-16-14-31/h2-6,9-10,18,20H,7-8,11-17H2,1H3,(H,30,33). The van der Waals surface area contributed by atoms with E-state index in [0.717, 1.165) is 53.9 Å². The molecule has 0 aliphatic carbocycles. The fourth-order valence-corrected chi connectivity index (χ4v) is 4.92. The number of rotatable bonds is 5. The summed E-state index contributed by atoms with van der Waals surface area (Å²) >= 11 is 0. The van der Waals surface area contributed by atoms with Crippen LogP contribution in [0.1, 0.15) is 35.2 Å². The molecule has 0 spiro atoms. The van der Waals surface area contributed by atoms with Gasteiger partial charge in [-0.1, -0.05) is 6.07 Å². The fourth-order valence-electron chi connectivity index (χ4n) is 4.92. The van der Waals surface area contributed by atoms with Crippen molar-refractivity contribution in [2.24, 2.45) is 5.92 Å². The summed E-state index contributed by atoms with van der Waals surface area (Å²) in [5.74, 6) is 1.13. The number of benzene rings is 1. The number of aromatic nitrogens is 2. The van der Waals surface area contributed by atoms with Crippen molar-refractivity contribution in [2.45, 2.75) is 26.2 Å². The fraction of sp³-hybridized carbons (Fsp3) is 0.407. The third-order valence-corrected chi connectivity index (χ3v) is 6.96. The van der Waals surface area contributed by atoms with Crippen molar-refractivity contribution >= 4 is 34.2 Å². The first-order valence-electron chi connectivity index (χ1n) is 12.3. The monoisotopic (exact) mass is 473 g/mol. The number of hydrogen-bond acceptors (Lipinski definition) is 6. The topological polar surface area (TPSA) is 87.7 Å². The van der Waals surface area contributed by atoms with Gasteiger partial charge in [0.25, 0.3) is 5.91 Å². The Morgan fingerprint density at radius 1 is 1.03 bits per heavy atom. The predicted octanol–water partition coefficient (Wildman–Crippen LogP) is 3.66. The van der Waals surface area contributed by atoms with Crippen molar-refractivity contribution < 1.29 is 14.3 Å². The molecule has 2 aliphatic heterocycles. The minimum Gasteiger partial charge on any atom is -0.378 e. The highest BCUT2D eigenvalue weighted by molar-refractivity contribution is 6.02. The first-order chi connectivity index (χ1) is 17.1. The molecule has 1 aromatic carbocycles. The normalized spacial score (nSPS) is 16.9. The zero-order valence-electron chi connectivity index (χ0n) is 20.1. The Morgan fingerprint density at radius 3 is 2.63 bits per heavy atom. The van der Waals surface area contributed by atoms with Gasteiger partial charge in [0.1, 0.15) is 5.82 Å². The molecular formula is C27H31N5O3. The van der Waals surface area contributed by atoms with E-state index in [4.69, 9.17) is 4.74 Å². The number of nitrogens with one attached hydrogen (secondary N) is 1. The molecule has 2 saturated heterocycles. The van der Waals surface area contributed by atoms with E-state index >= 15 is 0 Å². The molecule has 4 heterocycles. The molecule has 2 aliphatic rings. The maximum Gasteiger partial charge on any atom is 0.254 e. The molecule has 0 unspecified atom stereocenters. The van der Waals surface area contributed by atoms with E-state index in [1.165, 1.54) is 0 Å². The van der Waals surface area contributed by atoms with E-state index in [9.17, 15) is 9.59 Å². The second-order valence-corrected chi connectivity index (χ2v) is 9.32. The second kappa shape index (κ2) is 10.4. The van der Waals surface area contributed by atoms with Gasteiger partial charge in [-0.15, -0.1) is 0 Å². The summed E-state index contributed by atoms with van der Waals surface area (Å²) in [5.41, 5.74) is 3.39. The highest BCUT2D eigenvalue weighted by atomic mass is 16.5. The van der Waals surface area contributed by atoms with Crippen LogP contribution in [-0.2, 0) is 9.53 Å². The zero-order chi connectivity index (χ0) is 24.2. The lowest BCUT2D eigenvalue weighted by Gasteiger charge is -2.32. The number of nitrogens with zero attached hydrogens (tertiary/aromatic N) is 4. The van der Waals surface area contributed by atoms with Crippen molar-refractivity contribution in [3.8, 4) is 0 Å². The van der Waals surface area contributed by atoms with Gasteiger partial charge < -0.3 is 19.9 Å². The SMILES string of the molecule is Cc1ccc2ncccc2c1NC(=O)CC1CCN(C(=O)c2ccnc(N3CCOCC3)c2)CC1. The Morgan fingerprint density at radius 2 is 1.83 bits per heavy atom. The first kappa shape index (κ1) is 23.2. The summed E-state index contributed by atoms with van der Waals surface area (Å²) in [4.78, 5) is 38.9. The van der Waals surface area contributed by atoms with Gasteiger partial charge in [0.15, 0.2) is 0 Å². The molecule has 182 valence electrons. The third-order valence-electron chi connectivity index (χ3n) is 6.96. The van der Waals surface area contributed by atoms with Crippen LogP contribution >= 0.6 is 0 Å². The molecule has 3 aromatic rings. The molecule has 2 aromatic heterocycles. The number of fused-ring (bicyclic) bond motifs is 1. The number of amides is 2. The molecule has 0 atom stereocenters. The summed E-state index contributed by atoms with van der Waals surface area (Å²) in [6.45, 7) is 6.23. The van der Waals surface area contributed by atoms with Crippen LogP contribution in [0.15, 0.2) is 48.8 Å². The molecule has 1 N–H and O–H groups in total. The number of pyridine rings is 2. The van der Waals surface area contributed by atoms with E-state index in [0.29, 0.717) is 38.3 Å². The summed E-state index contributed by atoms with van der Waals surface area (Å²) in [6.07, 6.45) is 5.55. The Hall–Kier alpha value is -3.52. The number of aryl methyl sites for hydroxylation is 1. The Labute approximate surface area is 205 Å². The van der Waals surface area contributed by atoms with Crippen molar-refractivity contribution in [3.63, 3.8) is 0 Å². The van der Waals surface area contributed by atoms with Gasteiger partial charge in [0, 0.05) is 55.9 Å². The number of anilines is 2. The number of carbonyl (C=O) groups excluding carboxylic acids is 2. The Kier molecular flexibility index (Phi) is 6.90.